The van der Waals surface area contributed by atoms with Gasteiger partial charge in [-0.25, -0.2) is 13.1 Å². The molecule has 1 heterocycles. The maximum Gasteiger partial charge on any atom is 0.247 e. The third-order valence-electron chi connectivity index (χ3n) is 1.63. The highest BCUT2D eigenvalue weighted by Crippen LogP contribution is 2.03. The van der Waals surface area contributed by atoms with E-state index in [1.54, 1.807) is 0 Å². The standard InChI is InChI=1S/C9H10N2O3S/c1-2-3-6-11-15(13,14)8-4-5-9(12)10-7-8/h1,4-5,7,11H,3,6H2,(H,10,12). The Hall–Kier alpha value is -1.58. The second kappa shape index (κ2) is 4.77. The third-order valence-corrected chi connectivity index (χ3v) is 3.09. The Kier molecular flexibility index (Phi) is 3.66. The normalized spacial score (nSPS) is 10.9. The van der Waals surface area contributed by atoms with E-state index in [0.717, 1.165) is 12.3 Å². The Bertz CT molecular complexity index is 505. The van der Waals surface area contributed by atoms with Crippen LogP contribution in [0.2, 0.25) is 0 Å². The van der Waals surface area contributed by atoms with Crippen LogP contribution in [0.4, 0.5) is 0 Å². The molecule has 0 saturated carbocycles. The molecule has 1 aromatic heterocycles. The Balaban J connectivity index is 2.83. The van der Waals surface area contributed by atoms with Crippen LogP contribution in [0.1, 0.15) is 6.42 Å². The second-order valence-corrected chi connectivity index (χ2v) is 4.51. The number of aromatic amines is 1. The lowest BCUT2D eigenvalue weighted by atomic mass is 10.5. The summed E-state index contributed by atoms with van der Waals surface area (Å²) in [5, 5.41) is 0. The predicted octanol–water partition coefficient (Wildman–Crippen LogP) is -0.324. The van der Waals surface area contributed by atoms with Crippen molar-refractivity contribution >= 4 is 10.0 Å². The van der Waals surface area contributed by atoms with Crippen LogP contribution in [0.15, 0.2) is 28.0 Å². The molecule has 0 aliphatic rings. The highest BCUT2D eigenvalue weighted by molar-refractivity contribution is 7.89. The number of sulfonamides is 1. The van der Waals surface area contributed by atoms with Crippen LogP contribution >= 0.6 is 0 Å². The lowest BCUT2D eigenvalue weighted by Gasteiger charge is -2.03. The minimum Gasteiger partial charge on any atom is -0.328 e. The molecule has 80 valence electrons. The summed E-state index contributed by atoms with van der Waals surface area (Å²) in [6, 6.07) is 2.38. The monoisotopic (exact) mass is 226 g/mol. The number of nitrogens with one attached hydrogen (secondary N) is 2. The minimum atomic E-state index is -3.56. The maximum absolute atomic E-state index is 11.5. The summed E-state index contributed by atoms with van der Waals surface area (Å²) in [6.07, 6.45) is 6.45. The van der Waals surface area contributed by atoms with Gasteiger partial charge in [-0.1, -0.05) is 0 Å². The van der Waals surface area contributed by atoms with E-state index in [1.165, 1.54) is 6.07 Å². The van der Waals surface area contributed by atoms with E-state index in [4.69, 9.17) is 6.42 Å². The Morgan fingerprint density at radius 1 is 1.47 bits per heavy atom. The van der Waals surface area contributed by atoms with Gasteiger partial charge in [0.05, 0.1) is 4.90 Å². The summed E-state index contributed by atoms with van der Waals surface area (Å²) in [5.41, 5.74) is -0.349. The zero-order valence-corrected chi connectivity index (χ0v) is 8.67. The van der Waals surface area contributed by atoms with E-state index >= 15 is 0 Å². The van der Waals surface area contributed by atoms with E-state index in [0.29, 0.717) is 6.42 Å². The van der Waals surface area contributed by atoms with Crippen LogP contribution < -0.4 is 10.3 Å². The van der Waals surface area contributed by atoms with Gasteiger partial charge in [-0.3, -0.25) is 4.79 Å². The van der Waals surface area contributed by atoms with Crippen molar-refractivity contribution in [3.05, 3.63) is 28.7 Å². The first-order valence-electron chi connectivity index (χ1n) is 4.18. The van der Waals surface area contributed by atoms with E-state index in [1.807, 2.05) is 0 Å². The zero-order valence-electron chi connectivity index (χ0n) is 7.86. The molecule has 0 aliphatic carbocycles. The summed E-state index contributed by atoms with van der Waals surface area (Å²) < 4.78 is 25.3. The summed E-state index contributed by atoms with van der Waals surface area (Å²) in [5.74, 6) is 2.32. The van der Waals surface area contributed by atoms with Gasteiger partial charge in [-0.15, -0.1) is 12.3 Å². The van der Waals surface area contributed by atoms with Gasteiger partial charge < -0.3 is 4.98 Å². The van der Waals surface area contributed by atoms with Gasteiger partial charge >= 0.3 is 0 Å². The largest absolute Gasteiger partial charge is 0.328 e. The van der Waals surface area contributed by atoms with Gasteiger partial charge in [-0.2, -0.15) is 0 Å². The molecule has 0 fully saturated rings. The first kappa shape index (κ1) is 11.5. The molecule has 0 aromatic carbocycles. The van der Waals surface area contributed by atoms with Crippen LogP contribution in [-0.2, 0) is 10.0 Å². The molecule has 0 unspecified atom stereocenters. The summed E-state index contributed by atoms with van der Waals surface area (Å²) >= 11 is 0. The smallest absolute Gasteiger partial charge is 0.247 e. The van der Waals surface area contributed by atoms with Gasteiger partial charge in [0, 0.05) is 25.2 Å². The molecule has 1 rings (SSSR count). The number of terminal acetylenes is 1. The van der Waals surface area contributed by atoms with Crippen molar-refractivity contribution in [2.45, 2.75) is 11.3 Å². The van der Waals surface area contributed by atoms with Crippen LogP contribution in [0.5, 0.6) is 0 Å². The molecule has 6 heteroatoms. The Labute approximate surface area is 87.6 Å². The number of hydrogen-bond donors (Lipinski definition) is 2. The molecule has 0 radical (unpaired) electrons. The number of hydrogen-bond acceptors (Lipinski definition) is 3. The first-order chi connectivity index (χ1) is 7.06. The van der Waals surface area contributed by atoms with Crippen molar-refractivity contribution in [1.82, 2.24) is 9.71 Å². The summed E-state index contributed by atoms with van der Waals surface area (Å²) in [6.45, 7) is 0.179. The van der Waals surface area contributed by atoms with Crippen molar-refractivity contribution in [2.24, 2.45) is 0 Å². The Morgan fingerprint density at radius 2 is 2.20 bits per heavy atom. The fourth-order valence-electron chi connectivity index (χ4n) is 0.904. The molecular formula is C9H10N2O3S. The molecule has 0 saturated heterocycles. The van der Waals surface area contributed by atoms with Crippen LogP contribution in [-0.4, -0.2) is 19.9 Å². The predicted molar refractivity (Wildman–Crippen MR) is 55.7 cm³/mol. The van der Waals surface area contributed by atoms with Crippen LogP contribution in [0, 0.1) is 12.3 Å². The van der Waals surface area contributed by atoms with Gasteiger partial charge in [0.15, 0.2) is 0 Å². The number of aromatic nitrogens is 1. The van der Waals surface area contributed by atoms with Crippen LogP contribution in [0.25, 0.3) is 0 Å². The lowest BCUT2D eigenvalue weighted by Crippen LogP contribution is -2.25. The number of pyridine rings is 1. The molecule has 0 spiro atoms. The third kappa shape index (κ3) is 3.23. The molecule has 5 nitrogen and oxygen atoms in total. The average Bonchev–Trinajstić information content (AvgIpc) is 2.18. The molecule has 1 aromatic rings. The summed E-state index contributed by atoms with van der Waals surface area (Å²) in [4.78, 5) is 13.0. The molecular weight excluding hydrogens is 216 g/mol. The number of H-pyrrole nitrogens is 1. The van der Waals surface area contributed by atoms with Gasteiger partial charge in [0.1, 0.15) is 0 Å². The molecule has 0 aliphatic heterocycles. The van der Waals surface area contributed by atoms with Gasteiger partial charge in [-0.05, 0) is 6.07 Å². The zero-order chi connectivity index (χ0) is 11.3. The van der Waals surface area contributed by atoms with Crippen molar-refractivity contribution < 1.29 is 8.42 Å². The topological polar surface area (TPSA) is 79.0 Å². The SMILES string of the molecule is C#CCCNS(=O)(=O)c1ccc(=O)[nH]c1. The lowest BCUT2D eigenvalue weighted by molar-refractivity contribution is 0.582. The first-order valence-corrected chi connectivity index (χ1v) is 5.66. The van der Waals surface area contributed by atoms with E-state index < -0.39 is 10.0 Å². The van der Waals surface area contributed by atoms with E-state index in [2.05, 4.69) is 15.6 Å². The van der Waals surface area contributed by atoms with Crippen molar-refractivity contribution in [1.29, 1.82) is 0 Å². The van der Waals surface area contributed by atoms with Crippen molar-refractivity contribution in [3.8, 4) is 12.3 Å². The van der Waals surface area contributed by atoms with E-state index in [-0.39, 0.29) is 17.0 Å². The van der Waals surface area contributed by atoms with Gasteiger partial charge in [0.2, 0.25) is 15.6 Å². The molecule has 0 bridgehead atoms. The number of rotatable bonds is 4. The fraction of sp³-hybridized carbons (Fsp3) is 0.222. The fourth-order valence-corrected chi connectivity index (χ4v) is 1.90. The summed E-state index contributed by atoms with van der Waals surface area (Å²) in [7, 11) is -3.56. The quantitative estimate of drug-likeness (QED) is 0.545. The Morgan fingerprint density at radius 3 is 2.73 bits per heavy atom. The van der Waals surface area contributed by atoms with Crippen molar-refractivity contribution in [3.63, 3.8) is 0 Å². The van der Waals surface area contributed by atoms with Gasteiger partial charge in [0.25, 0.3) is 0 Å². The molecule has 0 atom stereocenters. The maximum atomic E-state index is 11.5. The minimum absolute atomic E-state index is 0.0131. The molecule has 2 N–H and O–H groups in total. The highest BCUT2D eigenvalue weighted by Gasteiger charge is 2.12. The molecule has 15 heavy (non-hydrogen) atoms. The highest BCUT2D eigenvalue weighted by atomic mass is 32.2. The second-order valence-electron chi connectivity index (χ2n) is 2.74. The van der Waals surface area contributed by atoms with Crippen molar-refractivity contribution in [2.75, 3.05) is 6.54 Å². The van der Waals surface area contributed by atoms with Crippen LogP contribution in [0.3, 0.4) is 0 Å². The average molecular weight is 226 g/mol. The molecule has 0 amide bonds. The van der Waals surface area contributed by atoms with E-state index in [9.17, 15) is 13.2 Å².